The number of ether oxygens (including phenoxy) is 1. The molecular formula is C9H7BrO2. The number of ketones is 1. The number of halogens is 1. The molecule has 0 aliphatic carbocycles. The van der Waals surface area contributed by atoms with Gasteiger partial charge in [-0.15, -0.1) is 0 Å². The van der Waals surface area contributed by atoms with Gasteiger partial charge in [0.25, 0.3) is 0 Å². The fraction of sp³-hybridized carbons (Fsp3) is 0.222. The molecule has 1 heterocycles. The Hall–Kier alpha value is -0.830. The van der Waals surface area contributed by atoms with Crippen LogP contribution in [0.15, 0.2) is 16.6 Å². The van der Waals surface area contributed by atoms with Crippen molar-refractivity contribution < 1.29 is 9.53 Å². The van der Waals surface area contributed by atoms with E-state index in [2.05, 4.69) is 15.9 Å². The topological polar surface area (TPSA) is 26.3 Å². The zero-order chi connectivity index (χ0) is 8.72. The Labute approximate surface area is 78.7 Å². The fourth-order valence-electron chi connectivity index (χ4n) is 1.30. The van der Waals surface area contributed by atoms with E-state index in [1.54, 1.807) is 0 Å². The Morgan fingerprint density at radius 1 is 1.50 bits per heavy atom. The summed E-state index contributed by atoms with van der Waals surface area (Å²) in [5, 5.41) is 0. The summed E-state index contributed by atoms with van der Waals surface area (Å²) in [6.07, 6.45) is 0. The van der Waals surface area contributed by atoms with Crippen LogP contribution in [0.3, 0.4) is 0 Å². The lowest BCUT2D eigenvalue weighted by Gasteiger charge is -2.01. The van der Waals surface area contributed by atoms with Crippen molar-refractivity contribution in [3.05, 3.63) is 27.7 Å². The van der Waals surface area contributed by atoms with E-state index >= 15 is 0 Å². The highest BCUT2D eigenvalue weighted by molar-refractivity contribution is 9.10. The Morgan fingerprint density at radius 2 is 2.25 bits per heavy atom. The van der Waals surface area contributed by atoms with E-state index in [1.807, 2.05) is 19.1 Å². The summed E-state index contributed by atoms with van der Waals surface area (Å²) in [6, 6.07) is 3.80. The Morgan fingerprint density at radius 3 is 3.00 bits per heavy atom. The first-order valence-electron chi connectivity index (χ1n) is 3.64. The number of benzene rings is 1. The smallest absolute Gasteiger partial charge is 0.203 e. The van der Waals surface area contributed by atoms with E-state index in [0.29, 0.717) is 11.3 Å². The van der Waals surface area contributed by atoms with Gasteiger partial charge >= 0.3 is 0 Å². The largest absolute Gasteiger partial charge is 0.483 e. The molecule has 0 amide bonds. The van der Waals surface area contributed by atoms with E-state index in [1.165, 1.54) is 0 Å². The Balaban J connectivity index is 2.68. The first-order chi connectivity index (χ1) is 5.68. The van der Waals surface area contributed by atoms with Gasteiger partial charge < -0.3 is 4.74 Å². The molecule has 0 saturated heterocycles. The van der Waals surface area contributed by atoms with Gasteiger partial charge in [0.1, 0.15) is 5.75 Å². The maximum absolute atomic E-state index is 11.2. The van der Waals surface area contributed by atoms with Crippen LogP contribution in [0.1, 0.15) is 15.9 Å². The van der Waals surface area contributed by atoms with E-state index in [9.17, 15) is 4.79 Å². The molecule has 0 N–H and O–H groups in total. The Bertz CT molecular complexity index is 358. The molecule has 12 heavy (non-hydrogen) atoms. The Kier molecular flexibility index (Phi) is 1.68. The van der Waals surface area contributed by atoms with E-state index in [-0.39, 0.29) is 12.4 Å². The molecule has 62 valence electrons. The minimum Gasteiger partial charge on any atom is -0.483 e. The second kappa shape index (κ2) is 2.59. The molecule has 0 bridgehead atoms. The third-order valence-corrected chi connectivity index (χ3v) is 2.42. The molecule has 0 atom stereocenters. The summed E-state index contributed by atoms with van der Waals surface area (Å²) >= 11 is 3.35. The first kappa shape index (κ1) is 7.80. The summed E-state index contributed by atoms with van der Waals surface area (Å²) in [6.45, 7) is 2.13. The SMILES string of the molecule is Cc1cc(Br)c2c(c1)C(=O)CO2. The number of rotatable bonds is 0. The van der Waals surface area contributed by atoms with Crippen molar-refractivity contribution in [3.8, 4) is 5.75 Å². The maximum Gasteiger partial charge on any atom is 0.203 e. The maximum atomic E-state index is 11.2. The molecule has 2 rings (SSSR count). The molecule has 1 aromatic carbocycles. The number of hydrogen-bond acceptors (Lipinski definition) is 2. The lowest BCUT2D eigenvalue weighted by Crippen LogP contribution is -1.98. The van der Waals surface area contributed by atoms with Crippen molar-refractivity contribution in [2.45, 2.75) is 6.92 Å². The van der Waals surface area contributed by atoms with Crippen LogP contribution in [0, 0.1) is 6.92 Å². The van der Waals surface area contributed by atoms with Crippen molar-refractivity contribution in [2.75, 3.05) is 6.61 Å². The third-order valence-electron chi connectivity index (χ3n) is 1.84. The van der Waals surface area contributed by atoms with E-state index < -0.39 is 0 Å². The average molecular weight is 227 g/mol. The quantitative estimate of drug-likeness (QED) is 0.679. The lowest BCUT2D eigenvalue weighted by molar-refractivity contribution is 0.0961. The van der Waals surface area contributed by atoms with Crippen molar-refractivity contribution in [1.82, 2.24) is 0 Å². The highest BCUT2D eigenvalue weighted by Crippen LogP contribution is 2.34. The minimum atomic E-state index is 0.0643. The van der Waals surface area contributed by atoms with Crippen LogP contribution in [-0.4, -0.2) is 12.4 Å². The van der Waals surface area contributed by atoms with Gasteiger partial charge in [-0.3, -0.25) is 4.79 Å². The summed E-state index contributed by atoms with van der Waals surface area (Å²) in [7, 11) is 0. The van der Waals surface area contributed by atoms with Gasteiger partial charge in [-0.1, -0.05) is 0 Å². The molecule has 2 nitrogen and oxygen atoms in total. The van der Waals surface area contributed by atoms with Gasteiger partial charge in [0, 0.05) is 0 Å². The molecule has 0 fully saturated rings. The average Bonchev–Trinajstić information content (AvgIpc) is 2.33. The first-order valence-corrected chi connectivity index (χ1v) is 4.44. The summed E-state index contributed by atoms with van der Waals surface area (Å²) in [4.78, 5) is 11.2. The van der Waals surface area contributed by atoms with Crippen LogP contribution in [0.2, 0.25) is 0 Å². The molecule has 3 heteroatoms. The third kappa shape index (κ3) is 1.05. The molecular weight excluding hydrogens is 220 g/mol. The van der Waals surface area contributed by atoms with Crippen LogP contribution < -0.4 is 4.74 Å². The molecule has 1 aliphatic heterocycles. The van der Waals surface area contributed by atoms with Gasteiger partial charge in [0.15, 0.2) is 6.61 Å². The highest BCUT2D eigenvalue weighted by Gasteiger charge is 2.23. The zero-order valence-electron chi connectivity index (χ0n) is 6.56. The highest BCUT2D eigenvalue weighted by atomic mass is 79.9. The summed E-state index contributed by atoms with van der Waals surface area (Å²) in [5.41, 5.74) is 1.77. The predicted molar refractivity (Wildman–Crippen MR) is 48.7 cm³/mol. The van der Waals surface area contributed by atoms with Gasteiger partial charge in [-0.25, -0.2) is 0 Å². The lowest BCUT2D eigenvalue weighted by atomic mass is 10.1. The van der Waals surface area contributed by atoms with Gasteiger partial charge in [0.05, 0.1) is 10.0 Å². The van der Waals surface area contributed by atoms with E-state index in [4.69, 9.17) is 4.74 Å². The van der Waals surface area contributed by atoms with Crippen molar-refractivity contribution in [1.29, 1.82) is 0 Å². The standard InChI is InChI=1S/C9H7BrO2/c1-5-2-6-8(11)4-12-9(6)7(10)3-5/h2-3H,4H2,1H3. The van der Waals surface area contributed by atoms with Gasteiger partial charge in [-0.05, 0) is 40.5 Å². The number of hydrogen-bond donors (Lipinski definition) is 0. The molecule has 0 aromatic heterocycles. The number of aryl methyl sites for hydroxylation is 1. The fourth-order valence-corrected chi connectivity index (χ4v) is 1.99. The molecule has 0 unspecified atom stereocenters. The van der Waals surface area contributed by atoms with Crippen molar-refractivity contribution >= 4 is 21.7 Å². The van der Waals surface area contributed by atoms with Crippen molar-refractivity contribution in [3.63, 3.8) is 0 Å². The molecule has 1 aliphatic rings. The van der Waals surface area contributed by atoms with Crippen molar-refractivity contribution in [2.24, 2.45) is 0 Å². The second-order valence-corrected chi connectivity index (χ2v) is 3.69. The van der Waals surface area contributed by atoms with Gasteiger partial charge in [0.2, 0.25) is 5.78 Å². The summed E-state index contributed by atoms with van der Waals surface area (Å²) < 4.78 is 6.06. The molecule has 0 spiro atoms. The van der Waals surface area contributed by atoms with Crippen LogP contribution in [0.25, 0.3) is 0 Å². The van der Waals surface area contributed by atoms with Crippen LogP contribution in [0.4, 0.5) is 0 Å². The number of Topliss-reactive ketones (excluding diaryl/α,β-unsaturated/α-hetero) is 1. The number of carbonyl (C=O) groups excluding carboxylic acids is 1. The van der Waals surface area contributed by atoms with E-state index in [0.717, 1.165) is 10.0 Å². The molecule has 0 radical (unpaired) electrons. The zero-order valence-corrected chi connectivity index (χ0v) is 8.14. The number of carbonyl (C=O) groups is 1. The van der Waals surface area contributed by atoms with Crippen LogP contribution in [0.5, 0.6) is 5.75 Å². The van der Waals surface area contributed by atoms with Gasteiger partial charge in [-0.2, -0.15) is 0 Å². The number of fused-ring (bicyclic) bond motifs is 1. The monoisotopic (exact) mass is 226 g/mol. The normalized spacial score (nSPS) is 14.3. The predicted octanol–water partition coefficient (Wildman–Crippen LogP) is 2.33. The van der Waals surface area contributed by atoms with Crippen LogP contribution >= 0.6 is 15.9 Å². The minimum absolute atomic E-state index is 0.0643. The second-order valence-electron chi connectivity index (χ2n) is 2.84. The summed E-state index contributed by atoms with van der Waals surface area (Å²) in [5.74, 6) is 0.750. The molecule has 0 saturated carbocycles. The molecule has 1 aromatic rings. The van der Waals surface area contributed by atoms with Crippen LogP contribution in [-0.2, 0) is 0 Å².